The molecular weight excluding hydrogens is 355 g/mol. The van der Waals surface area contributed by atoms with E-state index >= 15 is 0 Å². The number of carbonyl (C=O) groups excluding carboxylic acids is 2. The van der Waals surface area contributed by atoms with E-state index in [0.29, 0.717) is 0 Å². The molecule has 0 aliphatic rings. The number of carboxylic acid groups (broad SMARTS) is 2. The first-order valence-corrected chi connectivity index (χ1v) is 8.46. The van der Waals surface area contributed by atoms with E-state index < -0.39 is 11.9 Å². The summed E-state index contributed by atoms with van der Waals surface area (Å²) in [7, 11) is 0. The maximum absolute atomic E-state index is 10.5. The predicted octanol–water partition coefficient (Wildman–Crippen LogP) is 2.31. The Labute approximate surface area is 172 Å². The van der Waals surface area contributed by atoms with Crippen LogP contribution in [-0.2, 0) is 10.8 Å². The molecule has 4 nitrogen and oxygen atoms in total. The van der Waals surface area contributed by atoms with Crippen molar-refractivity contribution >= 4 is 29.3 Å². The van der Waals surface area contributed by atoms with E-state index in [2.05, 4.69) is 41.5 Å². The van der Waals surface area contributed by atoms with Crippen LogP contribution in [0.2, 0.25) is 0 Å². The van der Waals surface area contributed by atoms with Gasteiger partial charge in [0.25, 0.3) is 0 Å². The van der Waals surface area contributed by atoms with Gasteiger partial charge in [-0.3, -0.25) is 0 Å². The maximum Gasteiger partial charge on any atom is 3.00 e. The third-order valence-corrected chi connectivity index (χ3v) is 3.97. The second kappa shape index (κ2) is 9.73. The van der Waals surface area contributed by atoms with Crippen molar-refractivity contribution in [1.29, 1.82) is 0 Å². The fourth-order valence-electron chi connectivity index (χ4n) is 2.21. The minimum Gasteiger partial charge on any atom is -0.545 e. The summed E-state index contributed by atoms with van der Waals surface area (Å²) in [4.78, 5) is 20.9. The molecule has 27 heavy (non-hydrogen) atoms. The second-order valence-electron chi connectivity index (χ2n) is 8.23. The molecule has 0 fully saturated rings. The largest absolute Gasteiger partial charge is 3.00 e. The van der Waals surface area contributed by atoms with Gasteiger partial charge < -0.3 is 19.8 Å². The molecular formula is C22H26AlO4+. The molecule has 0 radical (unpaired) electrons. The molecule has 0 aliphatic carbocycles. The average molecular weight is 381 g/mol. The Morgan fingerprint density at radius 2 is 0.815 bits per heavy atom. The summed E-state index contributed by atoms with van der Waals surface area (Å²) < 4.78 is 0. The van der Waals surface area contributed by atoms with E-state index in [4.69, 9.17) is 0 Å². The summed E-state index contributed by atoms with van der Waals surface area (Å²) in [6.45, 7) is 12.5. The van der Waals surface area contributed by atoms with Gasteiger partial charge in [-0.15, -0.1) is 0 Å². The van der Waals surface area contributed by atoms with Crippen LogP contribution in [0.5, 0.6) is 0 Å². The van der Waals surface area contributed by atoms with Crippen LogP contribution in [0.1, 0.15) is 73.4 Å². The zero-order valence-electron chi connectivity index (χ0n) is 16.8. The van der Waals surface area contributed by atoms with Crippen LogP contribution in [0, 0.1) is 0 Å². The van der Waals surface area contributed by atoms with Gasteiger partial charge in [-0.05, 0) is 33.1 Å². The van der Waals surface area contributed by atoms with Crippen molar-refractivity contribution < 1.29 is 19.8 Å². The Balaban J connectivity index is 0.000000483. The molecule has 0 spiro atoms. The third kappa shape index (κ3) is 7.99. The molecule has 0 bridgehead atoms. The minimum absolute atomic E-state index is 0. The standard InChI is InChI=1S/2C11H14O2.Al/c2*1-11(2,3)9-6-4-8(5-7-9)10(12)13;/h2*4-7H,1-3H3,(H,12,13);/q;;+3/p-2. The van der Waals surface area contributed by atoms with Crippen molar-refractivity contribution in [2.75, 3.05) is 0 Å². The van der Waals surface area contributed by atoms with Gasteiger partial charge in [0, 0.05) is 0 Å². The molecule has 5 heteroatoms. The molecule has 0 amide bonds. The molecule has 0 saturated carbocycles. The topological polar surface area (TPSA) is 80.3 Å². The maximum atomic E-state index is 10.5. The van der Waals surface area contributed by atoms with Crippen molar-refractivity contribution in [2.45, 2.75) is 52.4 Å². The summed E-state index contributed by atoms with van der Waals surface area (Å²) in [5.41, 5.74) is 2.82. The van der Waals surface area contributed by atoms with E-state index in [9.17, 15) is 19.8 Å². The summed E-state index contributed by atoms with van der Waals surface area (Å²) in [5.74, 6) is -2.25. The molecule has 2 rings (SSSR count). The Bertz CT molecular complexity index is 681. The van der Waals surface area contributed by atoms with Crippen molar-refractivity contribution in [1.82, 2.24) is 0 Å². The summed E-state index contributed by atoms with van der Waals surface area (Å²) in [6, 6.07) is 13.6. The fourth-order valence-corrected chi connectivity index (χ4v) is 2.21. The molecule has 0 N–H and O–H groups in total. The van der Waals surface area contributed by atoms with Gasteiger partial charge in [0.2, 0.25) is 0 Å². The van der Waals surface area contributed by atoms with Crippen molar-refractivity contribution in [3.8, 4) is 0 Å². The monoisotopic (exact) mass is 381 g/mol. The van der Waals surface area contributed by atoms with E-state index in [1.165, 1.54) is 0 Å². The Morgan fingerprint density at radius 1 is 0.593 bits per heavy atom. The van der Waals surface area contributed by atoms with Crippen LogP contribution in [0.25, 0.3) is 0 Å². The number of hydrogen-bond donors (Lipinski definition) is 0. The van der Waals surface area contributed by atoms with Gasteiger partial charge in [0.05, 0.1) is 11.9 Å². The number of hydrogen-bond acceptors (Lipinski definition) is 4. The van der Waals surface area contributed by atoms with Crippen molar-refractivity contribution in [3.63, 3.8) is 0 Å². The number of carboxylic acids is 2. The van der Waals surface area contributed by atoms with Crippen LogP contribution in [0.4, 0.5) is 0 Å². The van der Waals surface area contributed by atoms with Crippen LogP contribution in [-0.4, -0.2) is 29.3 Å². The number of benzene rings is 2. The fraction of sp³-hybridized carbons (Fsp3) is 0.364. The third-order valence-electron chi connectivity index (χ3n) is 3.97. The van der Waals surface area contributed by atoms with Gasteiger partial charge in [0.1, 0.15) is 0 Å². The van der Waals surface area contributed by atoms with Crippen molar-refractivity contribution in [2.24, 2.45) is 0 Å². The molecule has 2 aromatic carbocycles. The molecule has 0 aromatic heterocycles. The smallest absolute Gasteiger partial charge is 0.545 e. The summed E-state index contributed by atoms with van der Waals surface area (Å²) >= 11 is 0. The van der Waals surface area contributed by atoms with E-state index in [0.717, 1.165) is 11.1 Å². The Hall–Kier alpha value is -2.09. The SMILES string of the molecule is CC(C)(C)c1ccc(C(=O)[O-])cc1.CC(C)(C)c1ccc(C(=O)[O-])cc1.[Al+3]. The Kier molecular flexibility index (Phi) is 8.98. The first kappa shape index (κ1) is 24.9. The van der Waals surface area contributed by atoms with E-state index in [1.54, 1.807) is 24.3 Å². The Morgan fingerprint density at radius 3 is 0.963 bits per heavy atom. The average Bonchev–Trinajstić information content (AvgIpc) is 2.54. The van der Waals surface area contributed by atoms with Gasteiger partial charge in [0.15, 0.2) is 0 Å². The molecule has 0 heterocycles. The van der Waals surface area contributed by atoms with E-state index in [1.807, 2.05) is 24.3 Å². The molecule has 140 valence electrons. The zero-order valence-corrected chi connectivity index (χ0v) is 18.0. The quantitative estimate of drug-likeness (QED) is 0.748. The van der Waals surface area contributed by atoms with Gasteiger partial charge >= 0.3 is 17.4 Å². The second-order valence-corrected chi connectivity index (χ2v) is 8.23. The molecule has 0 saturated heterocycles. The molecule has 0 atom stereocenters. The first-order valence-electron chi connectivity index (χ1n) is 8.46. The van der Waals surface area contributed by atoms with E-state index in [-0.39, 0.29) is 39.3 Å². The number of carbonyl (C=O) groups is 2. The zero-order chi connectivity index (χ0) is 20.1. The van der Waals surface area contributed by atoms with Crippen LogP contribution in [0.3, 0.4) is 0 Å². The van der Waals surface area contributed by atoms with Gasteiger partial charge in [-0.25, -0.2) is 0 Å². The van der Waals surface area contributed by atoms with Crippen molar-refractivity contribution in [3.05, 3.63) is 70.8 Å². The minimum atomic E-state index is -1.12. The summed E-state index contributed by atoms with van der Waals surface area (Å²) in [6.07, 6.45) is 0. The van der Waals surface area contributed by atoms with Crippen LogP contribution < -0.4 is 10.2 Å². The van der Waals surface area contributed by atoms with Gasteiger partial charge in [-0.2, -0.15) is 0 Å². The number of rotatable bonds is 2. The predicted molar refractivity (Wildman–Crippen MR) is 105 cm³/mol. The van der Waals surface area contributed by atoms with Crippen LogP contribution >= 0.6 is 0 Å². The molecule has 2 aromatic rings. The first-order chi connectivity index (χ1) is 11.8. The van der Waals surface area contributed by atoms with Gasteiger partial charge in [-0.1, -0.05) is 90.1 Å². The molecule has 0 unspecified atom stereocenters. The number of aromatic carboxylic acids is 2. The molecule has 0 aliphatic heterocycles. The normalized spacial score (nSPS) is 10.9. The van der Waals surface area contributed by atoms with Crippen LogP contribution in [0.15, 0.2) is 48.5 Å². The summed E-state index contributed by atoms with van der Waals surface area (Å²) in [5, 5.41) is 20.9.